The van der Waals surface area contributed by atoms with Crippen molar-refractivity contribution in [3.05, 3.63) is 71.3 Å². The molecule has 1 fully saturated rings. The summed E-state index contributed by atoms with van der Waals surface area (Å²) in [6.07, 6.45) is 0.284. The Bertz CT molecular complexity index is 1360. The smallest absolute Gasteiger partial charge is 0.406 e. The van der Waals surface area contributed by atoms with Crippen LogP contribution >= 0.6 is 0 Å². The Kier molecular flexibility index (Phi) is 6.10. The number of ether oxygens (including phenoxy) is 1. The molecule has 4 rings (SSSR count). The highest BCUT2D eigenvalue weighted by atomic mass is 19.4. The minimum absolute atomic E-state index is 0.0861. The molecule has 2 heterocycles. The molecule has 0 bridgehead atoms. The van der Waals surface area contributed by atoms with Gasteiger partial charge in [-0.25, -0.2) is 0 Å². The summed E-state index contributed by atoms with van der Waals surface area (Å²) < 4.78 is 42.6. The van der Waals surface area contributed by atoms with Gasteiger partial charge in [0.1, 0.15) is 17.5 Å². The van der Waals surface area contributed by atoms with Crippen molar-refractivity contribution in [1.82, 2.24) is 20.3 Å². The molecule has 2 aromatic heterocycles. The van der Waals surface area contributed by atoms with Crippen LogP contribution in [0.4, 0.5) is 13.2 Å². The Morgan fingerprint density at radius 2 is 1.89 bits per heavy atom. The van der Waals surface area contributed by atoms with Crippen molar-refractivity contribution in [1.29, 1.82) is 10.5 Å². The van der Waals surface area contributed by atoms with E-state index in [1.807, 2.05) is 6.07 Å². The van der Waals surface area contributed by atoms with E-state index < -0.39 is 29.5 Å². The van der Waals surface area contributed by atoms with Crippen LogP contribution in [0.5, 0.6) is 5.75 Å². The lowest BCUT2D eigenvalue weighted by molar-refractivity contribution is -0.274. The number of benzene rings is 1. The minimum Gasteiger partial charge on any atom is -0.406 e. The number of nitrogens with zero attached hydrogens (tertiary/aromatic N) is 5. The third-order valence-electron chi connectivity index (χ3n) is 5.54. The van der Waals surface area contributed by atoms with E-state index >= 15 is 0 Å². The van der Waals surface area contributed by atoms with Crippen LogP contribution < -0.4 is 10.1 Å². The molecule has 176 valence electrons. The van der Waals surface area contributed by atoms with E-state index in [9.17, 15) is 23.2 Å². The van der Waals surface area contributed by atoms with Gasteiger partial charge in [0.05, 0.1) is 34.5 Å². The van der Waals surface area contributed by atoms with Crippen LogP contribution in [0.25, 0.3) is 11.4 Å². The first kappa shape index (κ1) is 23.6. The number of carbonyl (C=O) groups excluding carboxylic acids is 1. The van der Waals surface area contributed by atoms with Crippen molar-refractivity contribution < 1.29 is 22.7 Å². The highest BCUT2D eigenvalue weighted by Crippen LogP contribution is 2.48. The predicted molar refractivity (Wildman–Crippen MR) is 116 cm³/mol. The van der Waals surface area contributed by atoms with Gasteiger partial charge in [-0.15, -0.1) is 13.2 Å². The first-order valence-corrected chi connectivity index (χ1v) is 10.4. The Hall–Kier alpha value is -4.51. The Labute approximate surface area is 198 Å². The van der Waals surface area contributed by atoms with Crippen LogP contribution in [0.2, 0.25) is 0 Å². The van der Waals surface area contributed by atoms with E-state index in [-0.39, 0.29) is 5.56 Å². The molecule has 35 heavy (non-hydrogen) atoms. The molecule has 1 atom stereocenters. The molecule has 8 nitrogen and oxygen atoms in total. The number of rotatable bonds is 6. The summed E-state index contributed by atoms with van der Waals surface area (Å²) >= 11 is 0. The van der Waals surface area contributed by atoms with Gasteiger partial charge in [-0.3, -0.25) is 19.7 Å². The van der Waals surface area contributed by atoms with E-state index in [4.69, 9.17) is 5.26 Å². The number of nitrogens with one attached hydrogen (secondary N) is 1. The van der Waals surface area contributed by atoms with Crippen molar-refractivity contribution in [2.24, 2.45) is 0 Å². The van der Waals surface area contributed by atoms with Gasteiger partial charge in [0.15, 0.2) is 0 Å². The van der Waals surface area contributed by atoms with Gasteiger partial charge >= 0.3 is 6.36 Å². The average Bonchev–Trinajstić information content (AvgIpc) is 3.64. The van der Waals surface area contributed by atoms with Gasteiger partial charge in [0, 0.05) is 24.2 Å². The normalized spacial score (nSPS) is 14.8. The molecule has 1 aliphatic rings. The first-order chi connectivity index (χ1) is 16.6. The van der Waals surface area contributed by atoms with Gasteiger partial charge in [-0.1, -0.05) is 0 Å². The average molecular weight is 478 g/mol. The number of hydrogen-bond acceptors (Lipinski definition) is 7. The lowest BCUT2D eigenvalue weighted by atomic mass is 9.95. The maximum Gasteiger partial charge on any atom is 0.573 e. The molecule has 1 unspecified atom stereocenters. The molecule has 1 amide bonds. The molecule has 1 N–H and O–H groups in total. The molecule has 1 aliphatic carbocycles. The largest absolute Gasteiger partial charge is 0.573 e. The van der Waals surface area contributed by atoms with Crippen LogP contribution in [0.3, 0.4) is 0 Å². The quantitative estimate of drug-likeness (QED) is 0.558. The predicted octanol–water partition coefficient (Wildman–Crippen LogP) is 4.36. The highest BCUT2D eigenvalue weighted by molar-refractivity contribution is 5.95. The summed E-state index contributed by atoms with van der Waals surface area (Å²) in [5, 5.41) is 21.2. The lowest BCUT2D eigenvalue weighted by Gasteiger charge is -2.18. The maximum absolute atomic E-state index is 13.0. The van der Waals surface area contributed by atoms with Gasteiger partial charge in [0.25, 0.3) is 5.91 Å². The van der Waals surface area contributed by atoms with E-state index in [0.29, 0.717) is 41.1 Å². The molecule has 0 saturated heterocycles. The number of aromatic nitrogens is 3. The third kappa shape index (κ3) is 5.20. The molecule has 1 aromatic carbocycles. The van der Waals surface area contributed by atoms with Gasteiger partial charge in [-0.2, -0.15) is 10.5 Å². The topological polar surface area (TPSA) is 125 Å². The van der Waals surface area contributed by atoms with Crippen LogP contribution in [0, 0.1) is 22.7 Å². The van der Waals surface area contributed by atoms with E-state index in [1.165, 1.54) is 24.7 Å². The molecule has 0 radical (unpaired) electrons. The van der Waals surface area contributed by atoms with Crippen LogP contribution in [0.15, 0.2) is 48.9 Å². The minimum atomic E-state index is -4.95. The number of alkyl halides is 3. The SMILES string of the molecule is CC(NC(=O)c1cc(OC(F)(F)F)cc(C2(C#N)CC2)c1)c1nccnc1-c1ccc(C#N)cn1. The molecule has 11 heteroatoms. The van der Waals surface area contributed by atoms with Crippen LogP contribution in [0.1, 0.15) is 53.0 Å². The Morgan fingerprint density at radius 1 is 1.14 bits per heavy atom. The summed E-state index contributed by atoms with van der Waals surface area (Å²) in [6.45, 7) is 1.64. The van der Waals surface area contributed by atoms with Crippen LogP contribution in [-0.4, -0.2) is 27.2 Å². The number of carbonyl (C=O) groups is 1. The fraction of sp³-hybridized carbons (Fsp3) is 0.250. The summed E-state index contributed by atoms with van der Waals surface area (Å²) in [6, 6.07) is 10.1. The molecule has 1 saturated carbocycles. The molecular formula is C24H17F3N6O2. The number of nitriles is 2. The van der Waals surface area contributed by atoms with Gasteiger partial charge in [0.2, 0.25) is 0 Å². The van der Waals surface area contributed by atoms with E-state index in [1.54, 1.807) is 19.1 Å². The van der Waals surface area contributed by atoms with Crippen molar-refractivity contribution in [2.45, 2.75) is 37.6 Å². The number of hydrogen-bond donors (Lipinski definition) is 1. The second kappa shape index (κ2) is 9.03. The zero-order valence-electron chi connectivity index (χ0n) is 18.3. The number of halogens is 3. The van der Waals surface area contributed by atoms with Crippen molar-refractivity contribution in [3.63, 3.8) is 0 Å². The zero-order valence-corrected chi connectivity index (χ0v) is 18.3. The number of amides is 1. The van der Waals surface area contributed by atoms with Gasteiger partial charge < -0.3 is 10.1 Å². The van der Waals surface area contributed by atoms with Crippen LogP contribution in [-0.2, 0) is 5.41 Å². The fourth-order valence-electron chi connectivity index (χ4n) is 3.60. The maximum atomic E-state index is 13.0. The second-order valence-electron chi connectivity index (χ2n) is 8.02. The van der Waals surface area contributed by atoms with E-state index in [2.05, 4.69) is 31.1 Å². The number of pyridine rings is 1. The zero-order chi connectivity index (χ0) is 25.2. The standard InChI is InChI=1S/C24H17F3N6O2/c1-14(20-21(31-7-6-30-20)19-3-2-15(11-28)12-32-19)33-22(34)16-8-17(23(13-29)4-5-23)10-18(9-16)35-24(25,26)27/h2-3,6-10,12,14H,4-5H2,1H3,(H,33,34). The first-order valence-electron chi connectivity index (χ1n) is 10.4. The van der Waals surface area contributed by atoms with E-state index in [0.717, 1.165) is 12.1 Å². The molecule has 0 aliphatic heterocycles. The molecule has 3 aromatic rings. The molecule has 0 spiro atoms. The highest BCUT2D eigenvalue weighted by Gasteiger charge is 2.46. The molecular weight excluding hydrogens is 461 g/mol. The van der Waals surface area contributed by atoms with Crippen molar-refractivity contribution in [2.75, 3.05) is 0 Å². The summed E-state index contributed by atoms with van der Waals surface area (Å²) in [4.78, 5) is 25.8. The third-order valence-corrected chi connectivity index (χ3v) is 5.54. The van der Waals surface area contributed by atoms with Gasteiger partial charge in [-0.05, 0) is 55.7 Å². The van der Waals surface area contributed by atoms with Crippen molar-refractivity contribution >= 4 is 5.91 Å². The monoisotopic (exact) mass is 478 g/mol. The summed E-state index contributed by atoms with van der Waals surface area (Å²) in [7, 11) is 0. The van der Waals surface area contributed by atoms with Crippen molar-refractivity contribution in [3.8, 4) is 29.3 Å². The Balaban J connectivity index is 1.63. The summed E-state index contributed by atoms with van der Waals surface area (Å²) in [5.74, 6) is -1.25. The fourth-order valence-corrected chi connectivity index (χ4v) is 3.60. The lowest BCUT2D eigenvalue weighted by Crippen LogP contribution is -2.28. The Morgan fingerprint density at radius 3 is 2.49 bits per heavy atom. The summed E-state index contributed by atoms with van der Waals surface area (Å²) in [5.41, 5.74) is 0.825. The second-order valence-corrected chi connectivity index (χ2v) is 8.02.